The van der Waals surface area contributed by atoms with Crippen LogP contribution in [0.4, 0.5) is 0 Å². The van der Waals surface area contributed by atoms with Gasteiger partial charge >= 0.3 is 0 Å². The highest BCUT2D eigenvalue weighted by Gasteiger charge is 2.50. The number of ether oxygens (including phenoxy) is 1. The minimum atomic E-state index is -0.817. The summed E-state index contributed by atoms with van der Waals surface area (Å²) in [6, 6.07) is 7.95. The van der Waals surface area contributed by atoms with Gasteiger partial charge in [-0.1, -0.05) is 32.0 Å². The molecule has 4 rings (SSSR count). The Balaban J connectivity index is 1.53. The Morgan fingerprint density at radius 1 is 1.21 bits per heavy atom. The van der Waals surface area contributed by atoms with Crippen LogP contribution in [-0.4, -0.2) is 40.2 Å². The van der Waals surface area contributed by atoms with E-state index in [2.05, 4.69) is 28.7 Å². The van der Waals surface area contributed by atoms with E-state index in [0.29, 0.717) is 11.8 Å². The van der Waals surface area contributed by atoms with E-state index in [9.17, 15) is 5.11 Å². The average Bonchev–Trinajstić information content (AvgIpc) is 3.12. The molecule has 1 aliphatic carbocycles. The van der Waals surface area contributed by atoms with Gasteiger partial charge in [0.2, 0.25) is 0 Å². The fraction of sp³-hybridized carbons (Fsp3) is 0.565. The van der Waals surface area contributed by atoms with Crippen molar-refractivity contribution in [2.45, 2.75) is 51.2 Å². The van der Waals surface area contributed by atoms with Gasteiger partial charge in [-0.2, -0.15) is 0 Å². The van der Waals surface area contributed by atoms with Crippen molar-refractivity contribution in [3.05, 3.63) is 53.6 Å². The van der Waals surface area contributed by atoms with Crippen molar-refractivity contribution in [1.82, 2.24) is 14.9 Å². The van der Waals surface area contributed by atoms with Crippen LogP contribution in [0.3, 0.4) is 0 Å². The Labute approximate surface area is 167 Å². The molecule has 0 amide bonds. The topological polar surface area (TPSA) is 58.5 Å². The second-order valence-electron chi connectivity index (χ2n) is 8.68. The minimum absolute atomic E-state index is 0.230. The number of nitrogens with zero attached hydrogens (tertiary/aromatic N) is 3. The van der Waals surface area contributed by atoms with E-state index >= 15 is 0 Å². The van der Waals surface area contributed by atoms with Gasteiger partial charge in [-0.15, -0.1) is 0 Å². The highest BCUT2D eigenvalue weighted by Crippen LogP contribution is 2.50. The predicted octanol–water partition coefficient (Wildman–Crippen LogP) is 3.73. The zero-order valence-electron chi connectivity index (χ0n) is 17.1. The van der Waals surface area contributed by atoms with Gasteiger partial charge in [0.25, 0.3) is 0 Å². The molecule has 1 N–H and O–H groups in total. The Morgan fingerprint density at radius 3 is 2.68 bits per heavy atom. The summed E-state index contributed by atoms with van der Waals surface area (Å²) in [7, 11) is 1.68. The number of aliphatic hydroxyl groups is 1. The van der Waals surface area contributed by atoms with Gasteiger partial charge in [-0.05, 0) is 31.2 Å². The van der Waals surface area contributed by atoms with Crippen molar-refractivity contribution < 1.29 is 9.84 Å². The fourth-order valence-electron chi connectivity index (χ4n) is 5.08. The predicted molar refractivity (Wildman–Crippen MR) is 109 cm³/mol. The number of aromatic nitrogens is 2. The summed E-state index contributed by atoms with van der Waals surface area (Å²) in [6.07, 6.45) is 6.94. The first-order chi connectivity index (χ1) is 13.5. The number of fused-ring (bicyclic) bond motifs is 1. The molecule has 5 nitrogen and oxygen atoms in total. The summed E-state index contributed by atoms with van der Waals surface area (Å²) in [5, 5.41) is 11.8. The first-order valence-electron chi connectivity index (χ1n) is 10.4. The van der Waals surface area contributed by atoms with E-state index in [0.717, 1.165) is 55.2 Å². The molecule has 2 aliphatic rings. The van der Waals surface area contributed by atoms with Crippen molar-refractivity contribution in [1.29, 1.82) is 0 Å². The molecule has 5 heteroatoms. The highest BCUT2D eigenvalue weighted by atomic mass is 16.5. The Bertz CT molecular complexity index is 808. The smallest absolute Gasteiger partial charge is 0.130 e. The molecule has 2 fully saturated rings. The van der Waals surface area contributed by atoms with Crippen molar-refractivity contribution in [2.24, 2.45) is 11.8 Å². The summed E-state index contributed by atoms with van der Waals surface area (Å²) in [5.74, 6) is 2.78. The quantitative estimate of drug-likeness (QED) is 0.855. The van der Waals surface area contributed by atoms with Crippen LogP contribution in [0.25, 0.3) is 0 Å². The highest BCUT2D eigenvalue weighted by molar-refractivity contribution is 5.39. The lowest BCUT2D eigenvalue weighted by Crippen LogP contribution is -2.43. The molecule has 3 atom stereocenters. The van der Waals surface area contributed by atoms with Gasteiger partial charge in [0, 0.05) is 55.0 Å². The largest absolute Gasteiger partial charge is 0.496 e. The normalized spacial score (nSPS) is 27.8. The molecule has 0 bridgehead atoms. The molecular formula is C23H31N3O2. The van der Waals surface area contributed by atoms with Crippen LogP contribution >= 0.6 is 0 Å². The van der Waals surface area contributed by atoms with Crippen LogP contribution in [-0.2, 0) is 12.1 Å². The van der Waals surface area contributed by atoms with Crippen LogP contribution in [0.2, 0.25) is 0 Å². The molecule has 0 radical (unpaired) electrons. The van der Waals surface area contributed by atoms with Crippen molar-refractivity contribution in [3.63, 3.8) is 0 Å². The van der Waals surface area contributed by atoms with Gasteiger partial charge in [0.15, 0.2) is 0 Å². The van der Waals surface area contributed by atoms with Gasteiger partial charge in [0.05, 0.1) is 12.7 Å². The van der Waals surface area contributed by atoms with Gasteiger partial charge in [-0.25, -0.2) is 9.97 Å². The van der Waals surface area contributed by atoms with Gasteiger partial charge < -0.3 is 9.84 Å². The maximum absolute atomic E-state index is 11.8. The second kappa shape index (κ2) is 7.80. The Kier molecular flexibility index (Phi) is 5.39. The number of rotatable bonds is 5. The number of methoxy groups -OCH3 is 1. The van der Waals surface area contributed by atoms with E-state index in [1.807, 2.05) is 36.7 Å². The molecule has 1 saturated heterocycles. The summed E-state index contributed by atoms with van der Waals surface area (Å²) in [5.41, 5.74) is 1.27. The molecule has 1 aliphatic heterocycles. The van der Waals surface area contributed by atoms with Gasteiger partial charge in [0.1, 0.15) is 11.6 Å². The summed E-state index contributed by atoms with van der Waals surface area (Å²) in [4.78, 5) is 11.5. The monoisotopic (exact) mass is 381 g/mol. The molecule has 1 saturated carbocycles. The molecule has 1 aromatic heterocycles. The number of para-hydroxylation sites is 1. The lowest BCUT2D eigenvalue weighted by Gasteiger charge is -2.42. The molecule has 0 spiro atoms. The minimum Gasteiger partial charge on any atom is -0.496 e. The molecule has 2 heterocycles. The number of hydrogen-bond donors (Lipinski definition) is 1. The second-order valence-corrected chi connectivity index (χ2v) is 8.68. The number of benzene rings is 1. The van der Waals surface area contributed by atoms with E-state index < -0.39 is 5.60 Å². The summed E-state index contributed by atoms with van der Waals surface area (Å²) in [6.45, 7) is 6.98. The average molecular weight is 382 g/mol. The van der Waals surface area contributed by atoms with Crippen LogP contribution in [0.15, 0.2) is 36.7 Å². The molecule has 2 aromatic rings. The SMILES string of the molecule is COc1ccccc1C1(O)CCCC2CN(Cc3cnc(C(C)C)nc3)CC21. The van der Waals surface area contributed by atoms with Gasteiger partial charge in [-0.3, -0.25) is 4.90 Å². The van der Waals surface area contributed by atoms with E-state index in [1.54, 1.807) is 7.11 Å². The molecule has 150 valence electrons. The maximum atomic E-state index is 11.8. The number of hydrogen-bond acceptors (Lipinski definition) is 5. The molecule has 3 unspecified atom stereocenters. The summed E-state index contributed by atoms with van der Waals surface area (Å²) >= 11 is 0. The van der Waals surface area contributed by atoms with Crippen LogP contribution in [0, 0.1) is 11.8 Å². The lowest BCUT2D eigenvalue weighted by atomic mass is 9.67. The zero-order chi connectivity index (χ0) is 19.7. The first-order valence-corrected chi connectivity index (χ1v) is 10.4. The van der Waals surface area contributed by atoms with E-state index in [1.165, 1.54) is 6.42 Å². The first kappa shape index (κ1) is 19.3. The number of likely N-dealkylation sites (tertiary alicyclic amines) is 1. The van der Waals surface area contributed by atoms with Crippen molar-refractivity contribution >= 4 is 0 Å². The van der Waals surface area contributed by atoms with Crippen molar-refractivity contribution in [2.75, 3.05) is 20.2 Å². The summed E-state index contributed by atoms with van der Waals surface area (Å²) < 4.78 is 5.58. The fourth-order valence-corrected chi connectivity index (χ4v) is 5.08. The Morgan fingerprint density at radius 2 is 1.96 bits per heavy atom. The maximum Gasteiger partial charge on any atom is 0.130 e. The van der Waals surface area contributed by atoms with E-state index in [4.69, 9.17) is 4.74 Å². The van der Waals surface area contributed by atoms with E-state index in [-0.39, 0.29) is 5.92 Å². The van der Waals surface area contributed by atoms with Crippen molar-refractivity contribution in [3.8, 4) is 5.75 Å². The third-order valence-electron chi connectivity index (χ3n) is 6.48. The van der Waals surface area contributed by atoms with Crippen LogP contribution in [0.5, 0.6) is 5.75 Å². The molecule has 28 heavy (non-hydrogen) atoms. The Hall–Kier alpha value is -1.98. The lowest BCUT2D eigenvalue weighted by molar-refractivity contribution is -0.0662. The van der Waals surface area contributed by atoms with Crippen LogP contribution < -0.4 is 4.74 Å². The third kappa shape index (κ3) is 3.53. The zero-order valence-corrected chi connectivity index (χ0v) is 17.1. The molecular weight excluding hydrogens is 350 g/mol. The third-order valence-corrected chi connectivity index (χ3v) is 6.48. The standard InChI is InChI=1S/C23H31N3O2/c1-16(2)22-24-11-17(12-25-22)13-26-14-18-7-6-10-23(27,20(18)15-26)19-8-4-5-9-21(19)28-3/h4-5,8-9,11-12,16,18,20,27H,6-7,10,13-15H2,1-3H3. The van der Waals surface area contributed by atoms with Crippen LogP contribution in [0.1, 0.15) is 56.0 Å². The molecule has 1 aromatic carbocycles.